The lowest BCUT2D eigenvalue weighted by Crippen LogP contribution is -1.98. The quantitative estimate of drug-likeness (QED) is 0.172. The van der Waals surface area contributed by atoms with E-state index in [0.717, 1.165) is 16.7 Å². The van der Waals surface area contributed by atoms with Crippen molar-refractivity contribution in [3.63, 3.8) is 0 Å². The monoisotopic (exact) mass is 430 g/mol. The number of esters is 1. The van der Waals surface area contributed by atoms with Crippen LogP contribution in [0, 0.1) is 0 Å². The van der Waals surface area contributed by atoms with Crippen molar-refractivity contribution in [2.75, 3.05) is 6.61 Å². The molecule has 4 aromatic carbocycles. The second-order valence-electron chi connectivity index (χ2n) is 7.58. The maximum atomic E-state index is 11.8. The van der Waals surface area contributed by atoms with E-state index in [-0.39, 0.29) is 5.97 Å². The Morgan fingerprint density at radius 2 is 1.06 bits per heavy atom. The van der Waals surface area contributed by atoms with Crippen LogP contribution in [-0.2, 0) is 9.53 Å². The Morgan fingerprint density at radius 1 is 0.636 bits per heavy atom. The van der Waals surface area contributed by atoms with E-state index >= 15 is 0 Å². The molecule has 2 nitrogen and oxygen atoms in total. The van der Waals surface area contributed by atoms with E-state index in [9.17, 15) is 4.79 Å². The first-order valence-corrected chi connectivity index (χ1v) is 11.1. The van der Waals surface area contributed by atoms with E-state index < -0.39 is 0 Å². The van der Waals surface area contributed by atoms with Crippen molar-refractivity contribution in [1.82, 2.24) is 0 Å². The van der Waals surface area contributed by atoms with Crippen LogP contribution in [-0.4, -0.2) is 12.6 Å². The molecule has 4 rings (SSSR count). The standard InChI is InChI=1S/C31H26O2/c1-2-33-31(32)15-9-14-30(28-20-16-26(17-21-28)24-10-5-3-6-11-24)29-22-18-27(19-23-29)25-12-7-4-8-13-25/h3-23H,2H2,1H3. The summed E-state index contributed by atoms with van der Waals surface area (Å²) in [5.41, 5.74) is 7.90. The average molecular weight is 431 g/mol. The highest BCUT2D eigenvalue weighted by Gasteiger charge is 2.07. The molecule has 0 saturated heterocycles. The molecule has 0 aromatic heterocycles. The fraction of sp³-hybridized carbons (Fsp3) is 0.0645. The Hall–Kier alpha value is -4.17. The molecule has 0 unspecified atom stereocenters. The first kappa shape index (κ1) is 22.0. The van der Waals surface area contributed by atoms with Gasteiger partial charge in [0.2, 0.25) is 0 Å². The summed E-state index contributed by atoms with van der Waals surface area (Å²) in [6.45, 7) is 2.16. The van der Waals surface area contributed by atoms with Crippen molar-refractivity contribution in [3.8, 4) is 22.3 Å². The Morgan fingerprint density at radius 3 is 1.48 bits per heavy atom. The van der Waals surface area contributed by atoms with Crippen LogP contribution in [0.4, 0.5) is 0 Å². The van der Waals surface area contributed by atoms with Gasteiger partial charge in [-0.1, -0.05) is 121 Å². The van der Waals surface area contributed by atoms with Gasteiger partial charge in [-0.05, 0) is 45.9 Å². The Labute approximate surface area is 195 Å². The highest BCUT2D eigenvalue weighted by Crippen LogP contribution is 2.29. The third-order valence-electron chi connectivity index (χ3n) is 5.39. The fourth-order valence-corrected chi connectivity index (χ4v) is 3.72. The lowest BCUT2D eigenvalue weighted by atomic mass is 9.94. The smallest absolute Gasteiger partial charge is 0.330 e. The Balaban J connectivity index is 1.67. The molecule has 0 heterocycles. The molecule has 0 aliphatic rings. The van der Waals surface area contributed by atoms with Crippen LogP contribution in [0.2, 0.25) is 0 Å². The molecule has 4 aromatic rings. The SMILES string of the molecule is CCOC(=O)C=CC=C(c1ccc(-c2ccccc2)cc1)c1ccc(-c2ccccc2)cc1. The van der Waals surface area contributed by atoms with Crippen molar-refractivity contribution in [2.45, 2.75) is 6.92 Å². The second-order valence-corrected chi connectivity index (χ2v) is 7.58. The van der Waals surface area contributed by atoms with Gasteiger partial charge in [-0.3, -0.25) is 0 Å². The molecule has 0 radical (unpaired) electrons. The molecule has 0 atom stereocenters. The molecule has 162 valence electrons. The molecule has 33 heavy (non-hydrogen) atoms. The number of benzene rings is 4. The minimum atomic E-state index is -0.341. The molecule has 0 N–H and O–H groups in total. The number of carbonyl (C=O) groups excluding carboxylic acids is 1. The van der Waals surface area contributed by atoms with E-state index in [1.165, 1.54) is 28.3 Å². The van der Waals surface area contributed by atoms with Gasteiger partial charge in [0.25, 0.3) is 0 Å². The normalized spacial score (nSPS) is 10.7. The topological polar surface area (TPSA) is 26.3 Å². The number of hydrogen-bond acceptors (Lipinski definition) is 2. The average Bonchev–Trinajstić information content (AvgIpc) is 2.88. The van der Waals surface area contributed by atoms with Gasteiger partial charge >= 0.3 is 5.97 Å². The van der Waals surface area contributed by atoms with E-state index in [4.69, 9.17) is 4.74 Å². The minimum absolute atomic E-state index is 0.341. The third kappa shape index (κ3) is 5.75. The number of allylic oxidation sites excluding steroid dienone is 2. The summed E-state index contributed by atoms with van der Waals surface area (Å²) in [6.07, 6.45) is 5.18. The van der Waals surface area contributed by atoms with Crippen molar-refractivity contribution in [3.05, 3.63) is 139 Å². The van der Waals surface area contributed by atoms with Gasteiger partial charge in [0.05, 0.1) is 6.61 Å². The van der Waals surface area contributed by atoms with Crippen LogP contribution in [0.25, 0.3) is 27.8 Å². The molecule has 0 fully saturated rings. The Bertz CT molecular complexity index is 1150. The summed E-state index contributed by atoms with van der Waals surface area (Å²) in [4.78, 5) is 11.8. The Kier molecular flexibility index (Phi) is 7.29. The van der Waals surface area contributed by atoms with Crippen LogP contribution in [0.5, 0.6) is 0 Å². The van der Waals surface area contributed by atoms with Crippen LogP contribution in [0.15, 0.2) is 127 Å². The summed E-state index contributed by atoms with van der Waals surface area (Å²) >= 11 is 0. The highest BCUT2D eigenvalue weighted by molar-refractivity contribution is 5.86. The molecular weight excluding hydrogens is 404 g/mol. The van der Waals surface area contributed by atoms with E-state index in [2.05, 4.69) is 72.8 Å². The summed E-state index contributed by atoms with van der Waals surface area (Å²) < 4.78 is 5.01. The summed E-state index contributed by atoms with van der Waals surface area (Å²) in [7, 11) is 0. The number of carbonyl (C=O) groups is 1. The molecule has 0 bridgehead atoms. The largest absolute Gasteiger partial charge is 0.463 e. The van der Waals surface area contributed by atoms with E-state index in [1.54, 1.807) is 13.0 Å². The highest BCUT2D eigenvalue weighted by atomic mass is 16.5. The van der Waals surface area contributed by atoms with Gasteiger partial charge < -0.3 is 4.74 Å². The van der Waals surface area contributed by atoms with Gasteiger partial charge in [-0.25, -0.2) is 4.79 Å². The van der Waals surface area contributed by atoms with E-state index in [1.807, 2.05) is 42.5 Å². The molecule has 0 saturated carbocycles. The molecular formula is C31H26O2. The zero-order valence-electron chi connectivity index (χ0n) is 18.6. The lowest BCUT2D eigenvalue weighted by molar-refractivity contribution is -0.137. The third-order valence-corrected chi connectivity index (χ3v) is 5.39. The molecule has 2 heteroatoms. The van der Waals surface area contributed by atoms with Crippen molar-refractivity contribution >= 4 is 11.5 Å². The van der Waals surface area contributed by atoms with Crippen molar-refractivity contribution in [2.24, 2.45) is 0 Å². The van der Waals surface area contributed by atoms with Crippen LogP contribution < -0.4 is 0 Å². The van der Waals surface area contributed by atoms with Crippen molar-refractivity contribution < 1.29 is 9.53 Å². The van der Waals surface area contributed by atoms with Gasteiger partial charge in [-0.15, -0.1) is 0 Å². The first-order valence-electron chi connectivity index (χ1n) is 11.1. The van der Waals surface area contributed by atoms with Crippen LogP contribution in [0.3, 0.4) is 0 Å². The van der Waals surface area contributed by atoms with Gasteiger partial charge in [0.1, 0.15) is 0 Å². The summed E-state index contributed by atoms with van der Waals surface area (Å²) in [6, 6.07) is 37.7. The molecule has 0 aliphatic carbocycles. The maximum absolute atomic E-state index is 11.8. The van der Waals surface area contributed by atoms with Gasteiger partial charge in [0, 0.05) is 6.08 Å². The zero-order valence-corrected chi connectivity index (χ0v) is 18.6. The number of ether oxygens (including phenoxy) is 1. The predicted octanol–water partition coefficient (Wildman–Crippen LogP) is 7.57. The lowest BCUT2D eigenvalue weighted by Gasteiger charge is -2.11. The van der Waals surface area contributed by atoms with E-state index in [0.29, 0.717) is 6.61 Å². The number of rotatable bonds is 7. The number of hydrogen-bond donors (Lipinski definition) is 0. The summed E-state index contributed by atoms with van der Waals surface area (Å²) in [5, 5.41) is 0. The first-order chi connectivity index (χ1) is 16.2. The fourth-order valence-electron chi connectivity index (χ4n) is 3.72. The van der Waals surface area contributed by atoms with Crippen molar-refractivity contribution in [1.29, 1.82) is 0 Å². The summed E-state index contributed by atoms with van der Waals surface area (Å²) in [5.74, 6) is -0.341. The molecule has 0 aliphatic heterocycles. The van der Waals surface area contributed by atoms with Crippen LogP contribution >= 0.6 is 0 Å². The van der Waals surface area contributed by atoms with Gasteiger partial charge in [-0.2, -0.15) is 0 Å². The second kappa shape index (κ2) is 10.9. The zero-order chi connectivity index (χ0) is 22.9. The predicted molar refractivity (Wildman–Crippen MR) is 137 cm³/mol. The van der Waals surface area contributed by atoms with Gasteiger partial charge in [0.15, 0.2) is 0 Å². The maximum Gasteiger partial charge on any atom is 0.330 e. The molecule has 0 amide bonds. The minimum Gasteiger partial charge on any atom is -0.463 e. The molecule has 0 spiro atoms. The van der Waals surface area contributed by atoms with Crippen LogP contribution in [0.1, 0.15) is 18.1 Å².